The first-order valence-corrected chi connectivity index (χ1v) is 6.11. The third-order valence-corrected chi connectivity index (χ3v) is 2.39. The molecule has 0 saturated heterocycles. The Morgan fingerprint density at radius 3 is 2.63 bits per heavy atom. The van der Waals surface area contributed by atoms with Gasteiger partial charge in [-0.2, -0.15) is 5.26 Å². The number of hydrogen-bond donors (Lipinski definition) is 3. The Morgan fingerprint density at radius 1 is 1.42 bits per heavy atom. The van der Waals surface area contributed by atoms with E-state index in [0.717, 1.165) is 0 Å². The van der Waals surface area contributed by atoms with E-state index in [9.17, 15) is 10.2 Å². The minimum Gasteiger partial charge on any atom is -0.504 e. The zero-order valence-electron chi connectivity index (χ0n) is 11.5. The number of β-amino-alcohol motifs (C(OH)–C–C–N with tert-alkyl or cyclic N) is 1. The van der Waals surface area contributed by atoms with Crippen molar-refractivity contribution >= 4 is 0 Å². The Bertz CT molecular complexity index is 461. The summed E-state index contributed by atoms with van der Waals surface area (Å²) in [5.74, 6) is 0.156. The summed E-state index contributed by atoms with van der Waals surface area (Å²) in [6.45, 7) is 6.50. The van der Waals surface area contributed by atoms with E-state index in [1.54, 1.807) is 6.07 Å². The van der Waals surface area contributed by atoms with Crippen LogP contribution >= 0.6 is 0 Å². The molecule has 1 atom stereocenters. The van der Waals surface area contributed by atoms with Gasteiger partial charge in [-0.25, -0.2) is 0 Å². The van der Waals surface area contributed by atoms with Gasteiger partial charge in [-0.05, 0) is 32.9 Å². The minimum atomic E-state index is -0.672. The summed E-state index contributed by atoms with van der Waals surface area (Å²) in [7, 11) is 0. The number of nitrogens with one attached hydrogen (secondary N) is 1. The fraction of sp³-hybridized carbons (Fsp3) is 0.500. The highest BCUT2D eigenvalue weighted by Gasteiger charge is 2.13. The molecule has 1 aromatic rings. The minimum absolute atomic E-state index is 0.0719. The van der Waals surface area contributed by atoms with Gasteiger partial charge < -0.3 is 20.3 Å². The molecular formula is C14H20N2O3. The molecule has 0 radical (unpaired) electrons. The lowest BCUT2D eigenvalue weighted by atomic mass is 10.1. The molecule has 0 fully saturated rings. The van der Waals surface area contributed by atoms with E-state index in [1.807, 2.05) is 26.8 Å². The molecule has 0 heterocycles. The number of aliphatic hydroxyl groups excluding tert-OH is 1. The zero-order chi connectivity index (χ0) is 14.5. The monoisotopic (exact) mass is 264 g/mol. The van der Waals surface area contributed by atoms with Crippen molar-refractivity contribution in [2.45, 2.75) is 32.4 Å². The summed E-state index contributed by atoms with van der Waals surface area (Å²) in [5.41, 5.74) is 0.289. The summed E-state index contributed by atoms with van der Waals surface area (Å²) in [4.78, 5) is 0. The van der Waals surface area contributed by atoms with Crippen molar-refractivity contribution < 1.29 is 14.9 Å². The second kappa shape index (κ2) is 6.41. The molecule has 1 rings (SSSR count). The normalized spacial score (nSPS) is 12.8. The molecule has 0 unspecified atom stereocenters. The fourth-order valence-corrected chi connectivity index (χ4v) is 1.38. The topological polar surface area (TPSA) is 85.5 Å². The molecule has 0 aliphatic heterocycles. The molecule has 0 saturated carbocycles. The quantitative estimate of drug-likeness (QED) is 0.748. The lowest BCUT2D eigenvalue weighted by Crippen LogP contribution is -2.42. The third kappa shape index (κ3) is 5.60. The predicted molar refractivity (Wildman–Crippen MR) is 72.1 cm³/mol. The number of phenols is 1. The standard InChI is InChI=1S/C14H20N2O3/c1-14(2,3)16-8-11(17)9-19-13-5-4-10(7-15)6-12(13)18/h4-6,11,16-18H,8-9H2,1-3H3/t11-/m1/s1. The van der Waals surface area contributed by atoms with Crippen LogP contribution in [0.3, 0.4) is 0 Å². The number of nitrogens with zero attached hydrogens (tertiary/aromatic N) is 1. The van der Waals surface area contributed by atoms with Crippen LogP contribution in [0.4, 0.5) is 0 Å². The molecule has 0 aliphatic rings. The molecule has 19 heavy (non-hydrogen) atoms. The molecule has 3 N–H and O–H groups in total. The molecular weight excluding hydrogens is 244 g/mol. The van der Waals surface area contributed by atoms with Gasteiger partial charge in [-0.15, -0.1) is 0 Å². The number of aromatic hydroxyl groups is 1. The van der Waals surface area contributed by atoms with Crippen LogP contribution in [0.5, 0.6) is 11.5 Å². The number of phenolic OH excluding ortho intramolecular Hbond substituents is 1. The van der Waals surface area contributed by atoms with Gasteiger partial charge >= 0.3 is 0 Å². The number of aliphatic hydroxyl groups is 1. The summed E-state index contributed by atoms with van der Waals surface area (Å²) in [6, 6.07) is 6.31. The molecule has 5 nitrogen and oxygen atoms in total. The fourth-order valence-electron chi connectivity index (χ4n) is 1.38. The number of benzene rings is 1. The first kappa shape index (κ1) is 15.3. The van der Waals surface area contributed by atoms with Crippen molar-refractivity contribution in [2.75, 3.05) is 13.2 Å². The number of ether oxygens (including phenoxy) is 1. The van der Waals surface area contributed by atoms with Gasteiger partial charge in [-0.3, -0.25) is 0 Å². The van der Waals surface area contributed by atoms with Crippen molar-refractivity contribution in [1.82, 2.24) is 5.32 Å². The van der Waals surface area contributed by atoms with Crippen molar-refractivity contribution in [1.29, 1.82) is 5.26 Å². The first-order valence-electron chi connectivity index (χ1n) is 6.11. The molecule has 0 aliphatic carbocycles. The van der Waals surface area contributed by atoms with Crippen LogP contribution in [0.2, 0.25) is 0 Å². The van der Waals surface area contributed by atoms with Gasteiger partial charge in [-0.1, -0.05) is 0 Å². The van der Waals surface area contributed by atoms with Gasteiger partial charge in [0.2, 0.25) is 0 Å². The first-order chi connectivity index (χ1) is 8.81. The van der Waals surface area contributed by atoms with Crippen LogP contribution in [0.25, 0.3) is 0 Å². The van der Waals surface area contributed by atoms with Gasteiger partial charge in [0, 0.05) is 18.2 Å². The summed E-state index contributed by atoms with van der Waals surface area (Å²) in [6.07, 6.45) is -0.672. The number of rotatable bonds is 5. The summed E-state index contributed by atoms with van der Waals surface area (Å²) >= 11 is 0. The maximum Gasteiger partial charge on any atom is 0.161 e. The van der Waals surface area contributed by atoms with E-state index < -0.39 is 6.10 Å². The highest BCUT2D eigenvalue weighted by Crippen LogP contribution is 2.26. The second-order valence-electron chi connectivity index (χ2n) is 5.39. The van der Waals surface area contributed by atoms with Crippen molar-refractivity contribution in [2.24, 2.45) is 0 Å². The van der Waals surface area contributed by atoms with E-state index in [4.69, 9.17) is 10.00 Å². The zero-order valence-corrected chi connectivity index (χ0v) is 11.5. The Labute approximate surface area is 113 Å². The van der Waals surface area contributed by atoms with Crippen LogP contribution in [0.15, 0.2) is 18.2 Å². The number of hydrogen-bond acceptors (Lipinski definition) is 5. The van der Waals surface area contributed by atoms with Crippen LogP contribution in [0.1, 0.15) is 26.3 Å². The average Bonchev–Trinajstić information content (AvgIpc) is 2.34. The predicted octanol–water partition coefficient (Wildman–Crippen LogP) is 1.39. The lowest BCUT2D eigenvalue weighted by molar-refractivity contribution is 0.0986. The molecule has 0 aromatic heterocycles. The van der Waals surface area contributed by atoms with E-state index in [1.165, 1.54) is 12.1 Å². The Balaban J connectivity index is 2.46. The molecule has 0 amide bonds. The van der Waals surface area contributed by atoms with Gasteiger partial charge in [0.1, 0.15) is 12.7 Å². The third-order valence-electron chi connectivity index (χ3n) is 2.39. The van der Waals surface area contributed by atoms with E-state index in [-0.39, 0.29) is 23.6 Å². The van der Waals surface area contributed by atoms with Gasteiger partial charge in [0.15, 0.2) is 11.5 Å². The highest BCUT2D eigenvalue weighted by atomic mass is 16.5. The molecule has 0 spiro atoms. The Morgan fingerprint density at radius 2 is 2.11 bits per heavy atom. The number of nitriles is 1. The van der Waals surface area contributed by atoms with Crippen LogP contribution in [-0.4, -0.2) is 35.0 Å². The molecule has 0 bridgehead atoms. The Kier molecular flexibility index (Phi) is 5.16. The summed E-state index contributed by atoms with van der Waals surface area (Å²) in [5, 5.41) is 31.2. The Hall–Kier alpha value is -1.77. The van der Waals surface area contributed by atoms with Gasteiger partial charge in [0.25, 0.3) is 0 Å². The second-order valence-corrected chi connectivity index (χ2v) is 5.39. The van der Waals surface area contributed by atoms with E-state index in [2.05, 4.69) is 5.32 Å². The summed E-state index contributed by atoms with van der Waals surface area (Å²) < 4.78 is 5.31. The highest BCUT2D eigenvalue weighted by molar-refractivity contribution is 5.45. The molecule has 1 aromatic carbocycles. The van der Waals surface area contributed by atoms with Crippen molar-refractivity contribution in [3.05, 3.63) is 23.8 Å². The largest absolute Gasteiger partial charge is 0.504 e. The molecule has 104 valence electrons. The van der Waals surface area contributed by atoms with Crippen LogP contribution in [0, 0.1) is 11.3 Å². The van der Waals surface area contributed by atoms with Crippen molar-refractivity contribution in [3.63, 3.8) is 0 Å². The van der Waals surface area contributed by atoms with Crippen molar-refractivity contribution in [3.8, 4) is 17.6 Å². The average molecular weight is 264 g/mol. The lowest BCUT2D eigenvalue weighted by Gasteiger charge is -2.23. The smallest absolute Gasteiger partial charge is 0.161 e. The van der Waals surface area contributed by atoms with Gasteiger partial charge in [0.05, 0.1) is 11.6 Å². The van der Waals surface area contributed by atoms with E-state index in [0.29, 0.717) is 12.1 Å². The maximum atomic E-state index is 9.74. The van der Waals surface area contributed by atoms with Crippen LogP contribution < -0.4 is 10.1 Å². The molecule has 5 heteroatoms. The SMILES string of the molecule is CC(C)(C)NC[C@@H](O)COc1ccc(C#N)cc1O. The van der Waals surface area contributed by atoms with Crippen LogP contribution in [-0.2, 0) is 0 Å². The van der Waals surface area contributed by atoms with E-state index >= 15 is 0 Å². The maximum absolute atomic E-state index is 9.74.